The van der Waals surface area contributed by atoms with Crippen molar-refractivity contribution in [3.05, 3.63) is 54.3 Å². The maximum Gasteiger partial charge on any atom is 0.231 e. The van der Waals surface area contributed by atoms with Crippen molar-refractivity contribution >= 4 is 28.5 Å². The van der Waals surface area contributed by atoms with E-state index in [-0.39, 0.29) is 24.5 Å². The number of anilines is 1. The number of carbonyl (C=O) groups excluding carboxylic acids is 2. The number of piperidine rings is 1. The van der Waals surface area contributed by atoms with Gasteiger partial charge in [-0.25, -0.2) is 0 Å². The highest BCUT2D eigenvalue weighted by atomic mass is 16.7. The van der Waals surface area contributed by atoms with E-state index in [0.717, 1.165) is 16.7 Å². The van der Waals surface area contributed by atoms with Crippen molar-refractivity contribution in [1.29, 1.82) is 0 Å². The number of furan rings is 1. The molecule has 1 aromatic heterocycles. The van der Waals surface area contributed by atoms with Crippen LogP contribution in [0.1, 0.15) is 25.0 Å². The average Bonchev–Trinajstić information content (AvgIpc) is 3.43. The summed E-state index contributed by atoms with van der Waals surface area (Å²) in [6, 6.07) is 15.2. The first-order chi connectivity index (χ1) is 15.2. The van der Waals surface area contributed by atoms with Crippen LogP contribution in [0.25, 0.3) is 11.0 Å². The van der Waals surface area contributed by atoms with Crippen LogP contribution < -0.4 is 14.8 Å². The van der Waals surface area contributed by atoms with Crippen molar-refractivity contribution in [2.75, 3.05) is 25.2 Å². The Labute approximate surface area is 179 Å². The zero-order valence-electron chi connectivity index (χ0n) is 17.1. The average molecular weight is 420 g/mol. The summed E-state index contributed by atoms with van der Waals surface area (Å²) in [7, 11) is 0. The van der Waals surface area contributed by atoms with Crippen LogP contribution in [0.2, 0.25) is 0 Å². The number of likely N-dealkylation sites (tertiary alicyclic amines) is 1. The summed E-state index contributed by atoms with van der Waals surface area (Å²) in [5, 5.41) is 4.01. The molecule has 5 rings (SSSR count). The van der Waals surface area contributed by atoms with Crippen molar-refractivity contribution in [1.82, 2.24) is 4.90 Å². The third kappa shape index (κ3) is 4.21. The van der Waals surface area contributed by atoms with Gasteiger partial charge in [-0.3, -0.25) is 9.59 Å². The standard InChI is InChI=1S/C24H24N2O5/c27-23(8-6-19-13-17-3-1-2-4-20(17)31-19)26-11-9-16(10-12-26)24(28)25-18-5-7-21-22(14-18)30-15-29-21/h1-5,7,13-14,16H,6,8-12,15H2,(H,25,28). The molecule has 2 aliphatic heterocycles. The van der Waals surface area contributed by atoms with Crippen LogP contribution in [-0.4, -0.2) is 36.6 Å². The second-order valence-electron chi connectivity index (χ2n) is 7.96. The lowest BCUT2D eigenvalue weighted by atomic mass is 9.95. The largest absolute Gasteiger partial charge is 0.461 e. The lowest BCUT2D eigenvalue weighted by molar-refractivity contribution is -0.134. The van der Waals surface area contributed by atoms with E-state index in [2.05, 4.69) is 5.32 Å². The van der Waals surface area contributed by atoms with Crippen molar-refractivity contribution in [2.45, 2.75) is 25.7 Å². The number of benzene rings is 2. The summed E-state index contributed by atoms with van der Waals surface area (Å²) < 4.78 is 16.4. The second-order valence-corrected chi connectivity index (χ2v) is 7.96. The highest BCUT2D eigenvalue weighted by Crippen LogP contribution is 2.34. The number of nitrogens with one attached hydrogen (secondary N) is 1. The predicted molar refractivity (Wildman–Crippen MR) is 115 cm³/mol. The summed E-state index contributed by atoms with van der Waals surface area (Å²) in [6.45, 7) is 1.39. The highest BCUT2D eigenvalue weighted by molar-refractivity contribution is 5.93. The highest BCUT2D eigenvalue weighted by Gasteiger charge is 2.27. The van der Waals surface area contributed by atoms with Crippen LogP contribution in [0.4, 0.5) is 5.69 Å². The van der Waals surface area contributed by atoms with Gasteiger partial charge in [0.05, 0.1) is 0 Å². The molecular weight excluding hydrogens is 396 g/mol. The molecule has 0 atom stereocenters. The Morgan fingerprint density at radius 2 is 1.81 bits per heavy atom. The second kappa shape index (κ2) is 8.34. The fourth-order valence-electron chi connectivity index (χ4n) is 4.16. The van der Waals surface area contributed by atoms with Crippen LogP contribution in [-0.2, 0) is 16.0 Å². The normalized spacial score (nSPS) is 15.9. The van der Waals surface area contributed by atoms with E-state index in [1.54, 1.807) is 12.1 Å². The molecule has 1 N–H and O–H groups in total. The quantitative estimate of drug-likeness (QED) is 0.676. The van der Waals surface area contributed by atoms with Gasteiger partial charge in [-0.2, -0.15) is 0 Å². The molecule has 7 nitrogen and oxygen atoms in total. The third-order valence-electron chi connectivity index (χ3n) is 5.92. The molecule has 1 fully saturated rings. The van der Waals surface area contributed by atoms with Gasteiger partial charge in [0.1, 0.15) is 11.3 Å². The molecule has 1 saturated heterocycles. The van der Waals surface area contributed by atoms with Gasteiger partial charge in [0.15, 0.2) is 11.5 Å². The Bertz CT molecular complexity index is 1080. The minimum atomic E-state index is -0.107. The van der Waals surface area contributed by atoms with Gasteiger partial charge in [-0.15, -0.1) is 0 Å². The number of carbonyl (C=O) groups is 2. The van der Waals surface area contributed by atoms with Gasteiger partial charge in [0.25, 0.3) is 0 Å². The van der Waals surface area contributed by atoms with Crippen molar-refractivity contribution < 1.29 is 23.5 Å². The number of aryl methyl sites for hydroxylation is 1. The fourth-order valence-corrected chi connectivity index (χ4v) is 4.16. The summed E-state index contributed by atoms with van der Waals surface area (Å²) in [5.74, 6) is 2.14. The van der Waals surface area contributed by atoms with E-state index in [4.69, 9.17) is 13.9 Å². The molecule has 0 radical (unpaired) electrons. The molecule has 160 valence electrons. The Hall–Kier alpha value is -3.48. The van der Waals surface area contributed by atoms with Crippen molar-refractivity contribution in [3.63, 3.8) is 0 Å². The van der Waals surface area contributed by atoms with E-state index in [1.165, 1.54) is 0 Å². The van der Waals surface area contributed by atoms with Crippen LogP contribution in [0.5, 0.6) is 11.5 Å². The number of amides is 2. The van der Waals surface area contributed by atoms with E-state index in [1.807, 2.05) is 41.3 Å². The number of nitrogens with zero attached hydrogens (tertiary/aromatic N) is 1. The van der Waals surface area contributed by atoms with Gasteiger partial charge in [0.2, 0.25) is 18.6 Å². The van der Waals surface area contributed by atoms with Gasteiger partial charge >= 0.3 is 0 Å². The molecule has 0 unspecified atom stereocenters. The van der Waals surface area contributed by atoms with E-state index < -0.39 is 0 Å². The van der Waals surface area contributed by atoms with Crippen LogP contribution in [0.3, 0.4) is 0 Å². The minimum absolute atomic E-state index is 0.0201. The first kappa shape index (κ1) is 19.5. The van der Waals surface area contributed by atoms with E-state index in [9.17, 15) is 9.59 Å². The summed E-state index contributed by atoms with van der Waals surface area (Å²) >= 11 is 0. The monoisotopic (exact) mass is 420 g/mol. The van der Waals surface area contributed by atoms with Gasteiger partial charge in [-0.1, -0.05) is 18.2 Å². The smallest absolute Gasteiger partial charge is 0.231 e. The maximum atomic E-state index is 12.6. The molecule has 2 aromatic carbocycles. The Morgan fingerprint density at radius 3 is 2.65 bits per heavy atom. The first-order valence-electron chi connectivity index (χ1n) is 10.6. The zero-order chi connectivity index (χ0) is 21.2. The van der Waals surface area contributed by atoms with E-state index in [0.29, 0.717) is 56.0 Å². The van der Waals surface area contributed by atoms with Gasteiger partial charge in [-0.05, 0) is 37.1 Å². The summed E-state index contributed by atoms with van der Waals surface area (Å²) in [5.41, 5.74) is 1.54. The van der Waals surface area contributed by atoms with Gasteiger partial charge < -0.3 is 24.1 Å². The van der Waals surface area contributed by atoms with Gasteiger partial charge in [0, 0.05) is 49.0 Å². The third-order valence-corrected chi connectivity index (χ3v) is 5.92. The SMILES string of the molecule is O=C(Nc1ccc2c(c1)OCO2)C1CCN(C(=O)CCc2cc3ccccc3o2)CC1. The maximum absolute atomic E-state index is 12.6. The zero-order valence-corrected chi connectivity index (χ0v) is 17.1. The molecule has 3 aromatic rings. The fraction of sp³-hybridized carbons (Fsp3) is 0.333. The molecule has 0 saturated carbocycles. The molecule has 31 heavy (non-hydrogen) atoms. The predicted octanol–water partition coefficient (Wildman–Crippen LogP) is 3.97. The molecule has 7 heteroatoms. The number of rotatable bonds is 5. The van der Waals surface area contributed by atoms with E-state index >= 15 is 0 Å². The Morgan fingerprint density at radius 1 is 1.00 bits per heavy atom. The first-order valence-corrected chi connectivity index (χ1v) is 10.6. The molecule has 3 heterocycles. The topological polar surface area (TPSA) is 81.0 Å². The summed E-state index contributed by atoms with van der Waals surface area (Å²) in [6.07, 6.45) is 2.31. The molecule has 0 spiro atoms. The lowest BCUT2D eigenvalue weighted by Gasteiger charge is -2.31. The van der Waals surface area contributed by atoms with Crippen LogP contribution in [0.15, 0.2) is 52.9 Å². The number of hydrogen-bond donors (Lipinski definition) is 1. The number of hydrogen-bond acceptors (Lipinski definition) is 5. The molecule has 2 aliphatic rings. The van der Waals surface area contributed by atoms with Crippen LogP contribution >= 0.6 is 0 Å². The minimum Gasteiger partial charge on any atom is -0.461 e. The van der Waals surface area contributed by atoms with Crippen molar-refractivity contribution in [3.8, 4) is 11.5 Å². The summed E-state index contributed by atoms with van der Waals surface area (Å²) in [4.78, 5) is 27.1. The molecule has 2 amide bonds. The molecule has 0 bridgehead atoms. The number of fused-ring (bicyclic) bond motifs is 2. The Balaban J connectivity index is 1.10. The number of ether oxygens (including phenoxy) is 2. The Kier molecular flexibility index (Phi) is 5.24. The molecule has 0 aliphatic carbocycles. The van der Waals surface area contributed by atoms with Crippen LogP contribution in [0, 0.1) is 5.92 Å². The molecular formula is C24H24N2O5. The number of para-hydroxylation sites is 1. The lowest BCUT2D eigenvalue weighted by Crippen LogP contribution is -2.41. The van der Waals surface area contributed by atoms with Crippen molar-refractivity contribution in [2.24, 2.45) is 5.92 Å².